The molecule has 0 aliphatic heterocycles. The molecule has 0 fully saturated rings. The van der Waals surface area contributed by atoms with Gasteiger partial charge in [0.05, 0.1) is 24.6 Å². The predicted octanol–water partition coefficient (Wildman–Crippen LogP) is 10.9. The lowest BCUT2D eigenvalue weighted by Gasteiger charge is -2.27. The monoisotopic (exact) mass is 427 g/mol. The summed E-state index contributed by atoms with van der Waals surface area (Å²) in [6.07, 6.45) is 35.9. The first kappa shape index (κ1) is 29.4. The van der Waals surface area contributed by atoms with Gasteiger partial charge in [0.25, 0.3) is 0 Å². The molecule has 0 heterocycles. The third-order valence-corrected chi connectivity index (χ3v) is 12.3. The van der Waals surface area contributed by atoms with Gasteiger partial charge in [0.15, 0.2) is 0 Å². The smallest absolute Gasteiger partial charge is 0.0594 e. The van der Waals surface area contributed by atoms with Gasteiger partial charge < -0.3 is 0 Å². The van der Waals surface area contributed by atoms with Gasteiger partial charge in [0.2, 0.25) is 0 Å². The molecule has 0 radical (unpaired) electrons. The van der Waals surface area contributed by atoms with Crippen LogP contribution in [-0.4, -0.2) is 24.6 Å². The summed E-state index contributed by atoms with van der Waals surface area (Å²) in [6.45, 7) is 9.54. The minimum atomic E-state index is -0.586. The zero-order valence-corrected chi connectivity index (χ0v) is 22.3. The van der Waals surface area contributed by atoms with Crippen LogP contribution >= 0.6 is 7.26 Å². The largest absolute Gasteiger partial charge is 0.0654 e. The Balaban J connectivity index is 3.43. The van der Waals surface area contributed by atoms with Crippen LogP contribution in [0.5, 0.6) is 0 Å². The van der Waals surface area contributed by atoms with Gasteiger partial charge in [0, 0.05) is 7.26 Å². The molecule has 0 aliphatic rings. The lowest BCUT2D eigenvalue weighted by atomic mass is 10.0. The summed E-state index contributed by atoms with van der Waals surface area (Å²) in [7, 11) is -0.586. The SMILES string of the molecule is CCCCCCCCCCCCCCCCCCC[P+](CCC)(CCC)CCC. The molecule has 0 N–H and O–H groups in total. The normalized spacial score (nSPS) is 12.0. The van der Waals surface area contributed by atoms with E-state index in [1.165, 1.54) is 128 Å². The molecule has 0 aromatic rings. The standard InChI is InChI=1S/C28H60P/c1-5-9-10-11-12-13-14-15-16-17-18-19-20-21-22-23-24-28-29(25-6-2,26-7-3)27-8-4/h5-28H2,1-4H3/q+1. The van der Waals surface area contributed by atoms with Crippen LogP contribution in [0.25, 0.3) is 0 Å². The van der Waals surface area contributed by atoms with E-state index in [2.05, 4.69) is 27.7 Å². The van der Waals surface area contributed by atoms with Crippen LogP contribution in [0, 0.1) is 0 Å². The molecular formula is C28H60P+. The minimum absolute atomic E-state index is 0.586. The molecule has 176 valence electrons. The lowest BCUT2D eigenvalue weighted by molar-refractivity contribution is 0.529. The Morgan fingerprint density at radius 3 is 0.828 bits per heavy atom. The van der Waals surface area contributed by atoms with E-state index in [9.17, 15) is 0 Å². The fourth-order valence-corrected chi connectivity index (χ4v) is 10.3. The summed E-state index contributed by atoms with van der Waals surface area (Å²) >= 11 is 0. The zero-order valence-electron chi connectivity index (χ0n) is 21.4. The Hall–Kier alpha value is 0.430. The van der Waals surface area contributed by atoms with Crippen LogP contribution in [0.3, 0.4) is 0 Å². The van der Waals surface area contributed by atoms with Crippen molar-refractivity contribution in [2.75, 3.05) is 24.6 Å². The zero-order chi connectivity index (χ0) is 21.5. The van der Waals surface area contributed by atoms with Gasteiger partial charge in [-0.05, 0) is 32.1 Å². The van der Waals surface area contributed by atoms with Gasteiger partial charge in [-0.25, -0.2) is 0 Å². The first-order valence-corrected chi connectivity index (χ1v) is 16.6. The maximum Gasteiger partial charge on any atom is 0.0594 e. The highest BCUT2D eigenvalue weighted by atomic mass is 31.2. The molecule has 0 aromatic heterocycles. The highest BCUT2D eigenvalue weighted by molar-refractivity contribution is 7.75. The number of hydrogen-bond donors (Lipinski definition) is 0. The first-order chi connectivity index (χ1) is 14.2. The van der Waals surface area contributed by atoms with E-state index in [1.54, 1.807) is 24.6 Å². The maximum atomic E-state index is 2.41. The fourth-order valence-electron chi connectivity index (χ4n) is 5.27. The molecule has 1 heteroatoms. The average Bonchev–Trinajstić information content (AvgIpc) is 2.71. The molecule has 0 saturated heterocycles. The predicted molar refractivity (Wildman–Crippen MR) is 141 cm³/mol. The van der Waals surface area contributed by atoms with Gasteiger partial charge in [0.1, 0.15) is 0 Å². The summed E-state index contributed by atoms with van der Waals surface area (Å²) < 4.78 is 0. The van der Waals surface area contributed by atoms with Crippen molar-refractivity contribution < 1.29 is 0 Å². The van der Waals surface area contributed by atoms with Crippen LogP contribution in [0.4, 0.5) is 0 Å². The van der Waals surface area contributed by atoms with E-state index in [4.69, 9.17) is 0 Å². The maximum absolute atomic E-state index is 2.41. The van der Waals surface area contributed by atoms with Crippen LogP contribution in [0.2, 0.25) is 0 Å². The van der Waals surface area contributed by atoms with Crippen molar-refractivity contribution in [3.05, 3.63) is 0 Å². The minimum Gasteiger partial charge on any atom is -0.0654 e. The van der Waals surface area contributed by atoms with E-state index in [0.29, 0.717) is 0 Å². The second kappa shape index (κ2) is 23.1. The quantitative estimate of drug-likeness (QED) is 0.106. The number of unbranched alkanes of at least 4 members (excludes halogenated alkanes) is 16. The van der Waals surface area contributed by atoms with Gasteiger partial charge in [-0.3, -0.25) is 0 Å². The molecule has 0 saturated carbocycles. The Labute approximate surface area is 188 Å². The van der Waals surface area contributed by atoms with Gasteiger partial charge >= 0.3 is 0 Å². The topological polar surface area (TPSA) is 0 Å². The van der Waals surface area contributed by atoms with Crippen molar-refractivity contribution in [3.63, 3.8) is 0 Å². The third kappa shape index (κ3) is 18.9. The molecule has 0 aromatic carbocycles. The molecule has 0 nitrogen and oxygen atoms in total. The van der Waals surface area contributed by atoms with E-state index < -0.39 is 7.26 Å². The number of hydrogen-bond acceptors (Lipinski definition) is 0. The highest BCUT2D eigenvalue weighted by Gasteiger charge is 2.33. The van der Waals surface area contributed by atoms with E-state index >= 15 is 0 Å². The second-order valence-corrected chi connectivity index (χ2v) is 14.4. The van der Waals surface area contributed by atoms with Gasteiger partial charge in [-0.2, -0.15) is 0 Å². The Kier molecular flexibility index (Phi) is 23.4. The van der Waals surface area contributed by atoms with Crippen molar-refractivity contribution in [1.82, 2.24) is 0 Å². The van der Waals surface area contributed by atoms with Gasteiger partial charge in [-0.1, -0.05) is 124 Å². The van der Waals surface area contributed by atoms with E-state index in [-0.39, 0.29) is 0 Å². The molecule has 0 atom stereocenters. The van der Waals surface area contributed by atoms with Crippen molar-refractivity contribution in [2.24, 2.45) is 0 Å². The summed E-state index contributed by atoms with van der Waals surface area (Å²) in [5, 5.41) is 0. The molecule has 0 bridgehead atoms. The highest BCUT2D eigenvalue weighted by Crippen LogP contribution is 2.60. The van der Waals surface area contributed by atoms with Crippen LogP contribution in [0.1, 0.15) is 156 Å². The second-order valence-electron chi connectivity index (χ2n) is 9.89. The lowest BCUT2D eigenvalue weighted by Crippen LogP contribution is -2.11. The first-order valence-electron chi connectivity index (χ1n) is 14.1. The molecule has 0 unspecified atom stereocenters. The number of rotatable bonds is 24. The average molecular weight is 428 g/mol. The van der Waals surface area contributed by atoms with E-state index in [0.717, 1.165) is 0 Å². The molecule has 0 rings (SSSR count). The summed E-state index contributed by atoms with van der Waals surface area (Å²) in [5.41, 5.74) is 0. The molecule has 29 heavy (non-hydrogen) atoms. The van der Waals surface area contributed by atoms with Crippen molar-refractivity contribution in [3.8, 4) is 0 Å². The fraction of sp³-hybridized carbons (Fsp3) is 1.00. The molecule has 0 amide bonds. The van der Waals surface area contributed by atoms with E-state index in [1.807, 2.05) is 0 Å². The Morgan fingerprint density at radius 2 is 0.552 bits per heavy atom. The van der Waals surface area contributed by atoms with Crippen LogP contribution < -0.4 is 0 Å². The van der Waals surface area contributed by atoms with Crippen molar-refractivity contribution in [2.45, 2.75) is 156 Å². The summed E-state index contributed by atoms with van der Waals surface area (Å²) in [4.78, 5) is 0. The van der Waals surface area contributed by atoms with Gasteiger partial charge in [-0.15, -0.1) is 0 Å². The molecule has 0 spiro atoms. The van der Waals surface area contributed by atoms with Crippen LogP contribution in [0.15, 0.2) is 0 Å². The summed E-state index contributed by atoms with van der Waals surface area (Å²) in [5.74, 6) is 0. The van der Waals surface area contributed by atoms with Crippen molar-refractivity contribution in [1.29, 1.82) is 0 Å². The third-order valence-electron chi connectivity index (χ3n) is 6.83. The molecular weight excluding hydrogens is 367 g/mol. The van der Waals surface area contributed by atoms with Crippen LogP contribution in [-0.2, 0) is 0 Å². The Bertz CT molecular complexity index is 282. The Morgan fingerprint density at radius 1 is 0.276 bits per heavy atom. The summed E-state index contributed by atoms with van der Waals surface area (Å²) in [6, 6.07) is 0. The molecule has 0 aliphatic carbocycles. The van der Waals surface area contributed by atoms with Crippen molar-refractivity contribution >= 4 is 7.26 Å².